The van der Waals surface area contributed by atoms with Gasteiger partial charge in [-0.05, 0) is 88.1 Å². The van der Waals surface area contributed by atoms with E-state index in [-0.39, 0.29) is 0 Å². The van der Waals surface area contributed by atoms with E-state index in [0.29, 0.717) is 0 Å². The quantitative estimate of drug-likeness (QED) is 0.178. The lowest BCUT2D eigenvalue weighted by atomic mass is 9.98. The Bertz CT molecular complexity index is 2860. The van der Waals surface area contributed by atoms with Gasteiger partial charge in [0.1, 0.15) is 0 Å². The molecular formula is C46H29NS2. The standard InChI is InChI=1S/C46H29NS2/c1-2-11-31-26-34(21-20-30(31)10-1)37-14-3-6-17-42(37)47(36-23-24-40-38-15-4-7-18-43(38)49-46(40)29-36)35-13-9-12-32(27-35)33-22-25-45-41(28-33)39-16-5-8-19-44(39)48-45/h1-29H. The van der Waals surface area contributed by atoms with Crippen molar-refractivity contribution in [2.24, 2.45) is 0 Å². The number of benzene rings is 8. The van der Waals surface area contributed by atoms with Gasteiger partial charge >= 0.3 is 0 Å². The first-order valence-electron chi connectivity index (χ1n) is 16.6. The number of anilines is 3. The van der Waals surface area contributed by atoms with Crippen LogP contribution in [0.2, 0.25) is 0 Å². The normalized spacial score (nSPS) is 11.7. The van der Waals surface area contributed by atoms with Gasteiger partial charge in [-0.1, -0.05) is 115 Å². The monoisotopic (exact) mass is 659 g/mol. The zero-order valence-electron chi connectivity index (χ0n) is 26.5. The first-order valence-corrected chi connectivity index (χ1v) is 18.2. The Morgan fingerprint density at radius 1 is 0.327 bits per heavy atom. The largest absolute Gasteiger partial charge is 0.310 e. The summed E-state index contributed by atoms with van der Waals surface area (Å²) in [5.41, 5.74) is 8.24. The molecule has 49 heavy (non-hydrogen) atoms. The highest BCUT2D eigenvalue weighted by molar-refractivity contribution is 7.26. The molecule has 10 rings (SSSR count). The fourth-order valence-corrected chi connectivity index (χ4v) is 9.51. The van der Waals surface area contributed by atoms with E-state index < -0.39 is 0 Å². The molecule has 3 heteroatoms. The van der Waals surface area contributed by atoms with Gasteiger partial charge in [0.05, 0.1) is 5.69 Å². The van der Waals surface area contributed by atoms with Crippen LogP contribution in [0, 0.1) is 0 Å². The predicted octanol–water partition coefficient (Wildman–Crippen LogP) is 14.4. The van der Waals surface area contributed by atoms with E-state index in [0.717, 1.165) is 17.1 Å². The number of nitrogens with zero attached hydrogens (tertiary/aromatic N) is 1. The van der Waals surface area contributed by atoms with E-state index >= 15 is 0 Å². The number of para-hydroxylation sites is 1. The molecule has 0 aliphatic heterocycles. The first-order chi connectivity index (χ1) is 24.3. The lowest BCUT2D eigenvalue weighted by Gasteiger charge is -2.28. The van der Waals surface area contributed by atoms with Gasteiger partial charge in [-0.25, -0.2) is 0 Å². The minimum absolute atomic E-state index is 1.13. The highest BCUT2D eigenvalue weighted by atomic mass is 32.1. The molecule has 0 N–H and O–H groups in total. The van der Waals surface area contributed by atoms with Crippen LogP contribution in [-0.2, 0) is 0 Å². The molecule has 0 spiro atoms. The molecule has 0 unspecified atom stereocenters. The van der Waals surface area contributed by atoms with Gasteiger partial charge in [0.15, 0.2) is 0 Å². The molecule has 0 amide bonds. The molecule has 0 aliphatic carbocycles. The molecule has 0 saturated carbocycles. The van der Waals surface area contributed by atoms with Gasteiger partial charge in [-0.2, -0.15) is 0 Å². The van der Waals surface area contributed by atoms with Crippen LogP contribution in [-0.4, -0.2) is 0 Å². The molecule has 0 aliphatic rings. The van der Waals surface area contributed by atoms with Crippen LogP contribution in [0.25, 0.3) is 73.4 Å². The van der Waals surface area contributed by atoms with Crippen LogP contribution in [0.3, 0.4) is 0 Å². The second kappa shape index (κ2) is 11.5. The average Bonchev–Trinajstić information content (AvgIpc) is 3.73. The highest BCUT2D eigenvalue weighted by Gasteiger charge is 2.19. The maximum absolute atomic E-state index is 2.44. The van der Waals surface area contributed by atoms with Crippen molar-refractivity contribution in [3.8, 4) is 22.3 Å². The van der Waals surface area contributed by atoms with Crippen LogP contribution in [0.5, 0.6) is 0 Å². The van der Waals surface area contributed by atoms with Crippen LogP contribution >= 0.6 is 22.7 Å². The molecule has 2 aromatic heterocycles. The molecule has 230 valence electrons. The molecule has 8 aromatic carbocycles. The van der Waals surface area contributed by atoms with Crippen molar-refractivity contribution < 1.29 is 0 Å². The molecule has 0 fully saturated rings. The average molecular weight is 660 g/mol. The summed E-state index contributed by atoms with van der Waals surface area (Å²) >= 11 is 3.73. The van der Waals surface area contributed by atoms with Crippen molar-refractivity contribution in [2.45, 2.75) is 0 Å². The Hall–Kier alpha value is -5.74. The second-order valence-electron chi connectivity index (χ2n) is 12.6. The molecule has 10 aromatic rings. The summed E-state index contributed by atoms with van der Waals surface area (Å²) < 4.78 is 5.26. The number of fused-ring (bicyclic) bond motifs is 7. The lowest BCUT2D eigenvalue weighted by molar-refractivity contribution is 1.29. The van der Waals surface area contributed by atoms with E-state index in [9.17, 15) is 0 Å². The number of thiophene rings is 2. The zero-order chi connectivity index (χ0) is 32.3. The van der Waals surface area contributed by atoms with Crippen molar-refractivity contribution in [1.82, 2.24) is 0 Å². The van der Waals surface area contributed by atoms with Gasteiger partial charge in [0, 0.05) is 57.3 Å². The Morgan fingerprint density at radius 3 is 1.84 bits per heavy atom. The topological polar surface area (TPSA) is 3.24 Å². The van der Waals surface area contributed by atoms with Gasteiger partial charge in [0.2, 0.25) is 0 Å². The number of rotatable bonds is 5. The Labute approximate surface area is 292 Å². The van der Waals surface area contributed by atoms with Crippen LogP contribution in [0.15, 0.2) is 176 Å². The molecule has 1 nitrogen and oxygen atoms in total. The Kier molecular flexibility index (Phi) is 6.61. The summed E-state index contributed by atoms with van der Waals surface area (Å²) in [7, 11) is 0. The smallest absolute Gasteiger partial charge is 0.0540 e. The summed E-state index contributed by atoms with van der Waals surface area (Å²) in [4.78, 5) is 2.44. The molecule has 0 radical (unpaired) electrons. The predicted molar refractivity (Wildman–Crippen MR) is 215 cm³/mol. The van der Waals surface area contributed by atoms with Crippen molar-refractivity contribution >= 4 is 90.9 Å². The molecule has 2 heterocycles. The SMILES string of the molecule is c1cc(-c2ccc3sc4ccccc4c3c2)cc(N(c2ccc3c(c2)sc2ccccc23)c2ccccc2-c2ccc3ccccc3c2)c1. The van der Waals surface area contributed by atoms with Crippen molar-refractivity contribution in [3.63, 3.8) is 0 Å². The van der Waals surface area contributed by atoms with E-state index in [1.54, 1.807) is 0 Å². The second-order valence-corrected chi connectivity index (χ2v) is 14.7. The van der Waals surface area contributed by atoms with Crippen LogP contribution < -0.4 is 4.90 Å². The minimum atomic E-state index is 1.13. The molecule has 0 atom stereocenters. The van der Waals surface area contributed by atoms with E-state index in [2.05, 4.69) is 181 Å². The third kappa shape index (κ3) is 4.82. The molecule has 0 bridgehead atoms. The molecular weight excluding hydrogens is 631 g/mol. The summed E-state index contributed by atoms with van der Waals surface area (Å²) in [5.74, 6) is 0. The van der Waals surface area contributed by atoms with Crippen molar-refractivity contribution in [1.29, 1.82) is 0 Å². The summed E-state index contributed by atoms with van der Waals surface area (Å²) in [6.07, 6.45) is 0. The highest BCUT2D eigenvalue weighted by Crippen LogP contribution is 2.45. The zero-order valence-corrected chi connectivity index (χ0v) is 28.1. The lowest BCUT2D eigenvalue weighted by Crippen LogP contribution is -2.11. The third-order valence-electron chi connectivity index (χ3n) is 9.64. The van der Waals surface area contributed by atoms with Crippen molar-refractivity contribution in [2.75, 3.05) is 4.90 Å². The van der Waals surface area contributed by atoms with E-state index in [4.69, 9.17) is 0 Å². The van der Waals surface area contributed by atoms with Gasteiger partial charge < -0.3 is 4.90 Å². The maximum Gasteiger partial charge on any atom is 0.0540 e. The van der Waals surface area contributed by atoms with Crippen molar-refractivity contribution in [3.05, 3.63) is 176 Å². The maximum atomic E-state index is 2.44. The summed E-state index contributed by atoms with van der Waals surface area (Å²) in [6, 6.07) is 64.6. The Balaban J connectivity index is 1.17. The summed E-state index contributed by atoms with van der Waals surface area (Å²) in [6.45, 7) is 0. The van der Waals surface area contributed by atoms with Crippen LogP contribution in [0.1, 0.15) is 0 Å². The summed E-state index contributed by atoms with van der Waals surface area (Å²) in [5, 5.41) is 7.75. The van der Waals surface area contributed by atoms with E-state index in [1.165, 1.54) is 73.4 Å². The van der Waals surface area contributed by atoms with Gasteiger partial charge in [-0.15, -0.1) is 22.7 Å². The first kappa shape index (κ1) is 28.3. The number of hydrogen-bond donors (Lipinski definition) is 0. The van der Waals surface area contributed by atoms with Gasteiger partial charge in [0.25, 0.3) is 0 Å². The molecule has 0 saturated heterocycles. The van der Waals surface area contributed by atoms with Gasteiger partial charge in [-0.3, -0.25) is 0 Å². The van der Waals surface area contributed by atoms with Crippen LogP contribution in [0.4, 0.5) is 17.1 Å². The Morgan fingerprint density at radius 2 is 0.959 bits per heavy atom. The fraction of sp³-hybridized carbons (Fsp3) is 0. The third-order valence-corrected chi connectivity index (χ3v) is 11.9. The van der Waals surface area contributed by atoms with E-state index in [1.807, 2.05) is 22.7 Å². The number of hydrogen-bond acceptors (Lipinski definition) is 3. The fourth-order valence-electron chi connectivity index (χ4n) is 7.28. The minimum Gasteiger partial charge on any atom is -0.310 e.